The average Bonchev–Trinajstić information content (AvgIpc) is 2.86. The molecule has 0 aromatic heterocycles. The highest BCUT2D eigenvalue weighted by Gasteiger charge is 2.59. The van der Waals surface area contributed by atoms with E-state index in [1.165, 1.54) is 45.2 Å². The maximum absolute atomic E-state index is 4.11. The van der Waals surface area contributed by atoms with Crippen molar-refractivity contribution in [1.82, 2.24) is 10.2 Å². The molecular formula is C18H34N2. The quantitative estimate of drug-likeness (QED) is 0.850. The molecule has 0 aromatic carbocycles. The Morgan fingerprint density at radius 2 is 1.75 bits per heavy atom. The first kappa shape index (κ1) is 14.8. The lowest BCUT2D eigenvalue weighted by Crippen LogP contribution is -2.55. The second-order valence-corrected chi connectivity index (χ2v) is 8.94. The molecule has 2 nitrogen and oxygen atoms in total. The highest BCUT2D eigenvalue weighted by atomic mass is 15.1. The molecule has 2 heteroatoms. The number of hydrogen-bond acceptors (Lipinski definition) is 2. The second-order valence-electron chi connectivity index (χ2n) is 8.94. The Morgan fingerprint density at radius 3 is 2.30 bits per heavy atom. The Kier molecular flexibility index (Phi) is 3.70. The standard InChI is InChI=1S/C18H34N2/c1-13(14-7-10-20(5)11-8-14)19-16-17(2,3)15-6-9-18(16,4)12-15/h13-16,19H,6-12H2,1-5H3. The molecule has 4 atom stereocenters. The Hall–Kier alpha value is -0.0800. The van der Waals surface area contributed by atoms with Gasteiger partial charge in [0.25, 0.3) is 0 Å². The van der Waals surface area contributed by atoms with Gasteiger partial charge in [0.2, 0.25) is 0 Å². The fraction of sp³-hybridized carbons (Fsp3) is 1.00. The van der Waals surface area contributed by atoms with E-state index in [1.807, 2.05) is 0 Å². The molecular weight excluding hydrogens is 244 g/mol. The van der Waals surface area contributed by atoms with E-state index in [1.54, 1.807) is 0 Å². The van der Waals surface area contributed by atoms with Gasteiger partial charge in [0.15, 0.2) is 0 Å². The first-order chi connectivity index (χ1) is 9.33. The zero-order chi connectivity index (χ0) is 14.5. The number of piperidine rings is 1. The third-order valence-electron chi connectivity index (χ3n) is 7.17. The Bertz CT molecular complexity index is 352. The largest absolute Gasteiger partial charge is 0.310 e. The molecule has 0 radical (unpaired) electrons. The molecule has 1 saturated heterocycles. The third kappa shape index (κ3) is 2.33. The summed E-state index contributed by atoms with van der Waals surface area (Å²) in [6, 6.07) is 1.41. The van der Waals surface area contributed by atoms with Crippen molar-refractivity contribution < 1.29 is 0 Å². The molecule has 1 aliphatic heterocycles. The fourth-order valence-corrected chi connectivity index (χ4v) is 5.65. The van der Waals surface area contributed by atoms with E-state index < -0.39 is 0 Å². The summed E-state index contributed by atoms with van der Waals surface area (Å²) < 4.78 is 0. The van der Waals surface area contributed by atoms with Crippen LogP contribution in [0.1, 0.15) is 59.8 Å². The van der Waals surface area contributed by atoms with Gasteiger partial charge in [-0.2, -0.15) is 0 Å². The number of nitrogens with one attached hydrogen (secondary N) is 1. The summed E-state index contributed by atoms with van der Waals surface area (Å²) in [6.07, 6.45) is 7.11. The van der Waals surface area contributed by atoms with E-state index in [0.717, 1.165) is 17.9 Å². The summed E-state index contributed by atoms with van der Waals surface area (Å²) in [5.74, 6) is 1.83. The average molecular weight is 278 g/mol. The van der Waals surface area contributed by atoms with Crippen molar-refractivity contribution in [3.8, 4) is 0 Å². The number of nitrogens with zero attached hydrogens (tertiary/aromatic N) is 1. The maximum Gasteiger partial charge on any atom is 0.0177 e. The predicted octanol–water partition coefficient (Wildman–Crippen LogP) is 3.52. The molecule has 3 rings (SSSR count). The SMILES string of the molecule is CC(NC1C2(C)CCC(C2)C1(C)C)C1CCN(C)CC1. The van der Waals surface area contributed by atoms with E-state index in [9.17, 15) is 0 Å². The van der Waals surface area contributed by atoms with Crippen LogP contribution in [-0.2, 0) is 0 Å². The van der Waals surface area contributed by atoms with E-state index in [4.69, 9.17) is 0 Å². The minimum atomic E-state index is 0.493. The Morgan fingerprint density at radius 1 is 1.10 bits per heavy atom. The monoisotopic (exact) mass is 278 g/mol. The van der Waals surface area contributed by atoms with Crippen molar-refractivity contribution in [3.05, 3.63) is 0 Å². The highest BCUT2D eigenvalue weighted by Crippen LogP contribution is 2.62. The van der Waals surface area contributed by atoms with Gasteiger partial charge in [0, 0.05) is 12.1 Å². The van der Waals surface area contributed by atoms with Crippen LogP contribution in [0.4, 0.5) is 0 Å². The van der Waals surface area contributed by atoms with Gasteiger partial charge in [-0.3, -0.25) is 0 Å². The lowest BCUT2D eigenvalue weighted by molar-refractivity contribution is 0.0826. The van der Waals surface area contributed by atoms with Gasteiger partial charge in [0.1, 0.15) is 0 Å². The van der Waals surface area contributed by atoms with Gasteiger partial charge in [0.05, 0.1) is 0 Å². The van der Waals surface area contributed by atoms with Crippen LogP contribution in [0.3, 0.4) is 0 Å². The smallest absolute Gasteiger partial charge is 0.0177 e. The zero-order valence-electron chi connectivity index (χ0n) is 14.2. The molecule has 2 bridgehead atoms. The molecule has 1 heterocycles. The molecule has 4 unspecified atom stereocenters. The van der Waals surface area contributed by atoms with Crippen LogP contribution in [0.2, 0.25) is 0 Å². The number of hydrogen-bond donors (Lipinski definition) is 1. The van der Waals surface area contributed by atoms with E-state index in [-0.39, 0.29) is 0 Å². The lowest BCUT2D eigenvalue weighted by Gasteiger charge is -2.46. The van der Waals surface area contributed by atoms with Crippen LogP contribution in [0.5, 0.6) is 0 Å². The van der Waals surface area contributed by atoms with Crippen LogP contribution < -0.4 is 5.32 Å². The van der Waals surface area contributed by atoms with Crippen LogP contribution in [0, 0.1) is 22.7 Å². The van der Waals surface area contributed by atoms with Crippen LogP contribution in [0.15, 0.2) is 0 Å². The van der Waals surface area contributed by atoms with Crippen molar-refractivity contribution in [3.63, 3.8) is 0 Å². The van der Waals surface area contributed by atoms with Gasteiger partial charge in [-0.25, -0.2) is 0 Å². The number of rotatable bonds is 3. The van der Waals surface area contributed by atoms with Crippen LogP contribution >= 0.6 is 0 Å². The molecule has 116 valence electrons. The summed E-state index contributed by atoms with van der Waals surface area (Å²) >= 11 is 0. The summed E-state index contributed by atoms with van der Waals surface area (Å²) in [4.78, 5) is 2.48. The molecule has 3 fully saturated rings. The summed E-state index contributed by atoms with van der Waals surface area (Å²) in [5, 5.41) is 4.11. The Labute approximate surface area is 125 Å². The number of likely N-dealkylation sites (tertiary alicyclic amines) is 1. The maximum atomic E-state index is 4.11. The molecule has 2 aliphatic carbocycles. The highest BCUT2D eigenvalue weighted by molar-refractivity contribution is 5.12. The topological polar surface area (TPSA) is 15.3 Å². The van der Waals surface area contributed by atoms with E-state index in [2.05, 4.69) is 45.0 Å². The lowest BCUT2D eigenvalue weighted by atomic mass is 9.68. The second kappa shape index (κ2) is 4.98. The Balaban J connectivity index is 1.65. The molecule has 20 heavy (non-hydrogen) atoms. The van der Waals surface area contributed by atoms with Crippen LogP contribution in [-0.4, -0.2) is 37.1 Å². The molecule has 0 aromatic rings. The first-order valence-electron chi connectivity index (χ1n) is 8.77. The summed E-state index contributed by atoms with van der Waals surface area (Å²) in [7, 11) is 2.26. The number of fused-ring (bicyclic) bond motifs is 2. The molecule has 2 saturated carbocycles. The normalized spacial score (nSPS) is 43.0. The molecule has 1 N–H and O–H groups in total. The molecule has 0 spiro atoms. The van der Waals surface area contributed by atoms with Gasteiger partial charge in [-0.15, -0.1) is 0 Å². The minimum absolute atomic E-state index is 0.493. The minimum Gasteiger partial charge on any atom is -0.310 e. The van der Waals surface area contributed by atoms with Crippen molar-refractivity contribution >= 4 is 0 Å². The van der Waals surface area contributed by atoms with Crippen molar-refractivity contribution in [2.75, 3.05) is 20.1 Å². The van der Waals surface area contributed by atoms with Gasteiger partial charge < -0.3 is 10.2 Å². The van der Waals surface area contributed by atoms with E-state index in [0.29, 0.717) is 16.9 Å². The van der Waals surface area contributed by atoms with Crippen molar-refractivity contribution in [2.45, 2.75) is 71.9 Å². The summed E-state index contributed by atoms with van der Waals surface area (Å²) in [6.45, 7) is 12.6. The summed E-state index contributed by atoms with van der Waals surface area (Å²) in [5.41, 5.74) is 1.06. The molecule has 3 aliphatic rings. The molecule has 0 amide bonds. The fourth-order valence-electron chi connectivity index (χ4n) is 5.65. The van der Waals surface area contributed by atoms with Crippen molar-refractivity contribution in [1.29, 1.82) is 0 Å². The van der Waals surface area contributed by atoms with Gasteiger partial charge in [-0.05, 0) is 81.8 Å². The predicted molar refractivity (Wildman–Crippen MR) is 85.8 cm³/mol. The van der Waals surface area contributed by atoms with Gasteiger partial charge >= 0.3 is 0 Å². The van der Waals surface area contributed by atoms with Crippen LogP contribution in [0.25, 0.3) is 0 Å². The van der Waals surface area contributed by atoms with Gasteiger partial charge in [-0.1, -0.05) is 20.8 Å². The third-order valence-corrected chi connectivity index (χ3v) is 7.17. The van der Waals surface area contributed by atoms with Crippen molar-refractivity contribution in [2.24, 2.45) is 22.7 Å². The zero-order valence-corrected chi connectivity index (χ0v) is 14.2. The first-order valence-corrected chi connectivity index (χ1v) is 8.77. The van der Waals surface area contributed by atoms with E-state index >= 15 is 0 Å².